The van der Waals surface area contributed by atoms with Crippen molar-refractivity contribution in [1.29, 1.82) is 0 Å². The van der Waals surface area contributed by atoms with Crippen molar-refractivity contribution in [3.63, 3.8) is 0 Å². The van der Waals surface area contributed by atoms with Gasteiger partial charge >= 0.3 is 0 Å². The van der Waals surface area contributed by atoms with Crippen LogP contribution in [-0.4, -0.2) is 29.6 Å². The molecular formula is C6H15N3O2S. The Labute approximate surface area is 76.7 Å². The summed E-state index contributed by atoms with van der Waals surface area (Å²) < 4.78 is 0. The van der Waals surface area contributed by atoms with Crippen LogP contribution in [0, 0.1) is 5.21 Å². The lowest BCUT2D eigenvalue weighted by Gasteiger charge is -2.02. The van der Waals surface area contributed by atoms with E-state index in [9.17, 15) is 5.21 Å². The van der Waals surface area contributed by atoms with Crippen LogP contribution >= 0.6 is 11.8 Å². The first-order valence-corrected chi connectivity index (χ1v) is 5.10. The zero-order valence-corrected chi connectivity index (χ0v) is 8.43. The van der Waals surface area contributed by atoms with Crippen molar-refractivity contribution >= 4 is 11.8 Å². The molecule has 0 fully saturated rings. The Morgan fingerprint density at radius 3 is 2.83 bits per heavy atom. The van der Waals surface area contributed by atoms with Gasteiger partial charge in [-0.2, -0.15) is 11.8 Å². The van der Waals surface area contributed by atoms with Gasteiger partial charge in [-0.15, -0.1) is 0 Å². The molecule has 12 heavy (non-hydrogen) atoms. The van der Waals surface area contributed by atoms with Crippen LogP contribution in [0.25, 0.3) is 0 Å². The fraction of sp³-hybridized carbons (Fsp3) is 1.00. The third kappa shape index (κ3) is 7.62. The number of hydrogen-bond donors (Lipinski definition) is 1. The molecule has 0 aromatic carbocycles. The smallest absolute Gasteiger partial charge is 0.111 e. The van der Waals surface area contributed by atoms with Gasteiger partial charge in [-0.25, -0.2) is 4.84 Å². The molecular weight excluding hydrogens is 178 g/mol. The predicted molar refractivity (Wildman–Crippen MR) is 48.7 cm³/mol. The summed E-state index contributed by atoms with van der Waals surface area (Å²) in [6.45, 7) is 4.12. The SMILES string of the molecule is CSCCON[N+]([O-])=NC(C)C. The molecule has 0 unspecified atom stereocenters. The molecule has 0 aromatic rings. The molecule has 0 radical (unpaired) electrons. The number of thioether (sulfide) groups is 1. The molecule has 0 aliphatic heterocycles. The highest BCUT2D eigenvalue weighted by Crippen LogP contribution is 1.89. The van der Waals surface area contributed by atoms with Gasteiger partial charge in [0.25, 0.3) is 0 Å². The molecule has 1 N–H and O–H groups in total. The van der Waals surface area contributed by atoms with Gasteiger partial charge in [-0.05, 0) is 25.7 Å². The fourth-order valence-electron chi connectivity index (χ4n) is 0.459. The minimum Gasteiger partial charge on any atom is -0.570 e. The molecule has 0 spiro atoms. The van der Waals surface area contributed by atoms with E-state index in [4.69, 9.17) is 4.84 Å². The summed E-state index contributed by atoms with van der Waals surface area (Å²) in [5.41, 5.74) is 2.15. The van der Waals surface area contributed by atoms with Gasteiger partial charge in [0.2, 0.25) is 0 Å². The Hall–Kier alpha value is -0.490. The Bertz CT molecular complexity index is 141. The number of hydrazine groups is 1. The van der Waals surface area contributed by atoms with Gasteiger partial charge in [0, 0.05) is 10.9 Å². The van der Waals surface area contributed by atoms with Crippen LogP contribution in [0.3, 0.4) is 0 Å². The maximum absolute atomic E-state index is 10.7. The van der Waals surface area contributed by atoms with Gasteiger partial charge in [0.05, 0.1) is 11.6 Å². The zero-order chi connectivity index (χ0) is 9.40. The predicted octanol–water partition coefficient (Wildman–Crippen LogP) is 1.16. The summed E-state index contributed by atoms with van der Waals surface area (Å²) >= 11 is 1.65. The highest BCUT2D eigenvalue weighted by atomic mass is 32.2. The Balaban J connectivity index is 3.37. The lowest BCUT2D eigenvalue weighted by molar-refractivity contribution is -0.646. The van der Waals surface area contributed by atoms with Crippen LogP contribution in [0.15, 0.2) is 5.11 Å². The number of rotatable bonds is 6. The molecule has 0 rings (SSSR count). The summed E-state index contributed by atoms with van der Waals surface area (Å²) in [6.07, 6.45) is 1.97. The second kappa shape index (κ2) is 7.17. The van der Waals surface area contributed by atoms with Crippen molar-refractivity contribution in [2.24, 2.45) is 5.11 Å². The number of hydrogen-bond acceptors (Lipinski definition) is 4. The normalized spacial score (nSPS) is 12.2. The summed E-state index contributed by atoms with van der Waals surface area (Å²) in [4.78, 5) is 5.12. The van der Waals surface area contributed by atoms with E-state index in [0.29, 0.717) is 11.6 Å². The lowest BCUT2D eigenvalue weighted by atomic mass is 10.4. The molecule has 5 nitrogen and oxygen atoms in total. The highest BCUT2D eigenvalue weighted by Gasteiger charge is 1.96. The molecule has 0 amide bonds. The first-order valence-electron chi connectivity index (χ1n) is 3.71. The summed E-state index contributed by atoms with van der Waals surface area (Å²) in [5, 5.41) is 14.3. The molecule has 0 atom stereocenters. The van der Waals surface area contributed by atoms with E-state index in [1.165, 1.54) is 0 Å². The second-order valence-corrected chi connectivity index (χ2v) is 3.40. The molecule has 0 heterocycles. The maximum Gasteiger partial charge on any atom is 0.111 e. The van der Waals surface area contributed by atoms with E-state index in [1.807, 2.05) is 20.1 Å². The third-order valence-corrected chi connectivity index (χ3v) is 1.44. The van der Waals surface area contributed by atoms with E-state index in [1.54, 1.807) is 11.8 Å². The number of nitrogens with zero attached hydrogens (tertiary/aromatic N) is 2. The summed E-state index contributed by atoms with van der Waals surface area (Å²) in [5.74, 6) is 0.850. The van der Waals surface area contributed by atoms with Crippen LogP contribution < -0.4 is 5.59 Å². The summed E-state index contributed by atoms with van der Waals surface area (Å²) in [6, 6.07) is -0.0286. The average Bonchev–Trinajstić information content (AvgIpc) is 1.97. The van der Waals surface area contributed by atoms with Crippen molar-refractivity contribution in [2.75, 3.05) is 18.6 Å². The van der Waals surface area contributed by atoms with E-state index in [2.05, 4.69) is 10.7 Å². The topological polar surface area (TPSA) is 59.7 Å². The minimum absolute atomic E-state index is 0.0286. The van der Waals surface area contributed by atoms with Crippen LogP contribution in [0.4, 0.5) is 0 Å². The minimum atomic E-state index is -0.0286. The van der Waals surface area contributed by atoms with Crippen LogP contribution in [0.1, 0.15) is 13.8 Å². The lowest BCUT2D eigenvalue weighted by Crippen LogP contribution is -2.25. The van der Waals surface area contributed by atoms with E-state index < -0.39 is 0 Å². The van der Waals surface area contributed by atoms with E-state index >= 15 is 0 Å². The van der Waals surface area contributed by atoms with Crippen LogP contribution in [-0.2, 0) is 4.84 Å². The van der Waals surface area contributed by atoms with E-state index in [0.717, 1.165) is 5.75 Å². The molecule has 0 saturated carbocycles. The Morgan fingerprint density at radius 2 is 2.33 bits per heavy atom. The zero-order valence-electron chi connectivity index (χ0n) is 7.61. The first-order chi connectivity index (χ1) is 5.66. The van der Waals surface area contributed by atoms with Gasteiger partial charge in [0.15, 0.2) is 0 Å². The van der Waals surface area contributed by atoms with Gasteiger partial charge in [0.1, 0.15) is 6.04 Å². The first kappa shape index (κ1) is 11.5. The third-order valence-electron chi connectivity index (χ3n) is 0.868. The standard InChI is InChI=1S/C6H15N3O2S/c1-6(2)7-9(10)8-11-4-5-12-3/h6H,4-5H2,1-3H3,(H,7,8). The average molecular weight is 193 g/mol. The molecule has 0 aliphatic rings. The van der Waals surface area contributed by atoms with Crippen LogP contribution in [0.2, 0.25) is 0 Å². The molecule has 0 aromatic heterocycles. The van der Waals surface area contributed by atoms with Crippen molar-refractivity contribution in [1.82, 2.24) is 5.59 Å². The van der Waals surface area contributed by atoms with Crippen LogP contribution in [0.5, 0.6) is 0 Å². The van der Waals surface area contributed by atoms with Crippen molar-refractivity contribution in [3.8, 4) is 0 Å². The molecule has 0 aliphatic carbocycles. The van der Waals surface area contributed by atoms with Crippen molar-refractivity contribution in [2.45, 2.75) is 19.9 Å². The molecule has 0 bridgehead atoms. The van der Waals surface area contributed by atoms with Gasteiger partial charge in [-0.1, -0.05) is 0 Å². The maximum atomic E-state index is 10.7. The quantitative estimate of drug-likeness (QED) is 0.297. The second-order valence-electron chi connectivity index (χ2n) is 2.41. The van der Waals surface area contributed by atoms with Crippen molar-refractivity contribution < 1.29 is 9.81 Å². The molecule has 0 saturated heterocycles. The van der Waals surface area contributed by atoms with E-state index in [-0.39, 0.29) is 6.04 Å². The molecule has 6 heteroatoms. The highest BCUT2D eigenvalue weighted by molar-refractivity contribution is 7.98. The van der Waals surface area contributed by atoms with Gasteiger partial charge in [-0.3, -0.25) is 0 Å². The molecule has 72 valence electrons. The fourth-order valence-corrected chi connectivity index (χ4v) is 0.709. The Kier molecular flexibility index (Phi) is 6.88. The Morgan fingerprint density at radius 1 is 1.67 bits per heavy atom. The van der Waals surface area contributed by atoms with Gasteiger partial charge < -0.3 is 5.21 Å². The largest absolute Gasteiger partial charge is 0.570 e. The summed E-state index contributed by atoms with van der Waals surface area (Å²) in [7, 11) is 0. The van der Waals surface area contributed by atoms with Crippen molar-refractivity contribution in [3.05, 3.63) is 5.21 Å². The number of nitrogens with one attached hydrogen (secondary N) is 1. The monoisotopic (exact) mass is 193 g/mol.